The predicted octanol–water partition coefficient (Wildman–Crippen LogP) is 1.05. The van der Waals surface area contributed by atoms with Crippen LogP contribution in [0.5, 0.6) is 0 Å². The van der Waals surface area contributed by atoms with E-state index in [1.54, 1.807) is 0 Å². The van der Waals surface area contributed by atoms with Gasteiger partial charge in [-0.1, -0.05) is 12.1 Å². The van der Waals surface area contributed by atoms with E-state index < -0.39 is 0 Å². The van der Waals surface area contributed by atoms with Gasteiger partial charge in [0.2, 0.25) is 5.91 Å². The van der Waals surface area contributed by atoms with Gasteiger partial charge in [0.15, 0.2) is 0 Å². The summed E-state index contributed by atoms with van der Waals surface area (Å²) in [6.07, 6.45) is 1.22. The molecule has 4 nitrogen and oxygen atoms in total. The maximum Gasteiger partial charge on any atom is 0.219 e. The Hall–Kier alpha value is -1.32. The molecule has 13 heavy (non-hydrogen) atoms. The lowest BCUT2D eigenvalue weighted by atomic mass is 10.3. The van der Waals surface area contributed by atoms with Crippen LogP contribution in [0.4, 0.5) is 0 Å². The molecule has 1 aromatic rings. The second kappa shape index (κ2) is 4.64. The van der Waals surface area contributed by atoms with Crippen molar-refractivity contribution in [2.45, 2.75) is 26.7 Å². The van der Waals surface area contributed by atoms with Gasteiger partial charge in [0.05, 0.1) is 5.69 Å². The molecule has 0 saturated heterocycles. The first kappa shape index (κ1) is 9.77. The lowest BCUT2D eigenvalue weighted by molar-refractivity contribution is -0.120. The number of aromatic nitrogens is 1. The summed E-state index contributed by atoms with van der Waals surface area (Å²) in [5.74, 6) is 0.880. The number of rotatable bonds is 4. The zero-order valence-electron chi connectivity index (χ0n) is 7.96. The molecular weight excluding hydrogens is 168 g/mol. The highest BCUT2D eigenvalue weighted by atomic mass is 16.5. The van der Waals surface area contributed by atoms with Gasteiger partial charge in [-0.05, 0) is 6.92 Å². The lowest BCUT2D eigenvalue weighted by Gasteiger charge is -1.99. The molecule has 1 rings (SSSR count). The van der Waals surface area contributed by atoms with E-state index in [1.807, 2.05) is 19.9 Å². The van der Waals surface area contributed by atoms with Crippen molar-refractivity contribution in [2.24, 2.45) is 0 Å². The topological polar surface area (TPSA) is 55.1 Å². The van der Waals surface area contributed by atoms with Gasteiger partial charge in [-0.2, -0.15) is 0 Å². The first-order valence-corrected chi connectivity index (χ1v) is 4.41. The predicted molar refractivity (Wildman–Crippen MR) is 48.2 cm³/mol. The Labute approximate surface area is 77.3 Å². The SMILES string of the molecule is CCC(=O)NCCc1cc(C)no1. The Kier molecular flexibility index (Phi) is 3.49. The number of nitrogens with one attached hydrogen (secondary N) is 1. The molecule has 0 aromatic carbocycles. The Morgan fingerprint density at radius 1 is 1.69 bits per heavy atom. The highest BCUT2D eigenvalue weighted by molar-refractivity contribution is 5.75. The second-order valence-corrected chi connectivity index (χ2v) is 2.89. The van der Waals surface area contributed by atoms with Crippen molar-refractivity contribution in [3.63, 3.8) is 0 Å². The molecule has 0 radical (unpaired) electrons. The third kappa shape index (κ3) is 3.27. The zero-order chi connectivity index (χ0) is 9.68. The third-order valence-electron chi connectivity index (χ3n) is 1.69. The second-order valence-electron chi connectivity index (χ2n) is 2.89. The molecule has 0 atom stereocenters. The number of carbonyl (C=O) groups is 1. The molecule has 4 heteroatoms. The summed E-state index contributed by atoms with van der Waals surface area (Å²) in [5, 5.41) is 6.51. The third-order valence-corrected chi connectivity index (χ3v) is 1.69. The number of amides is 1. The number of aryl methyl sites for hydroxylation is 1. The van der Waals surface area contributed by atoms with Gasteiger partial charge in [0, 0.05) is 25.5 Å². The van der Waals surface area contributed by atoms with Crippen molar-refractivity contribution >= 4 is 5.91 Å². The fraction of sp³-hybridized carbons (Fsp3) is 0.556. The Bertz CT molecular complexity index is 281. The van der Waals surface area contributed by atoms with Gasteiger partial charge in [-0.15, -0.1) is 0 Å². The summed E-state index contributed by atoms with van der Waals surface area (Å²) in [4.78, 5) is 10.8. The molecule has 0 aliphatic rings. The largest absolute Gasteiger partial charge is 0.361 e. The highest BCUT2D eigenvalue weighted by Gasteiger charge is 2.01. The maximum atomic E-state index is 10.8. The molecule has 1 heterocycles. The van der Waals surface area contributed by atoms with Gasteiger partial charge >= 0.3 is 0 Å². The molecule has 0 unspecified atom stereocenters. The molecule has 0 fully saturated rings. The van der Waals surface area contributed by atoms with Gasteiger partial charge in [0.25, 0.3) is 0 Å². The van der Waals surface area contributed by atoms with Gasteiger partial charge in [0.1, 0.15) is 5.76 Å². The van der Waals surface area contributed by atoms with Crippen molar-refractivity contribution in [3.8, 4) is 0 Å². The van der Waals surface area contributed by atoms with E-state index in [2.05, 4.69) is 10.5 Å². The fourth-order valence-corrected chi connectivity index (χ4v) is 0.984. The summed E-state index contributed by atoms with van der Waals surface area (Å²) < 4.78 is 4.98. The van der Waals surface area contributed by atoms with E-state index >= 15 is 0 Å². The first-order valence-electron chi connectivity index (χ1n) is 4.41. The first-order chi connectivity index (χ1) is 6.22. The number of nitrogens with zero attached hydrogens (tertiary/aromatic N) is 1. The van der Waals surface area contributed by atoms with Crippen LogP contribution in [-0.4, -0.2) is 17.6 Å². The van der Waals surface area contributed by atoms with E-state index in [9.17, 15) is 4.79 Å². The number of carbonyl (C=O) groups excluding carboxylic acids is 1. The molecule has 1 amide bonds. The van der Waals surface area contributed by atoms with Crippen LogP contribution in [0.3, 0.4) is 0 Å². The van der Waals surface area contributed by atoms with Crippen LogP contribution in [0.15, 0.2) is 10.6 Å². The van der Waals surface area contributed by atoms with E-state index in [-0.39, 0.29) is 5.91 Å². The van der Waals surface area contributed by atoms with Gasteiger partial charge in [-0.3, -0.25) is 4.79 Å². The summed E-state index contributed by atoms with van der Waals surface area (Å²) in [7, 11) is 0. The molecular formula is C9H14N2O2. The van der Waals surface area contributed by atoms with Crippen molar-refractivity contribution in [2.75, 3.05) is 6.54 Å². The molecule has 0 spiro atoms. The minimum absolute atomic E-state index is 0.0660. The average Bonchev–Trinajstić information content (AvgIpc) is 2.51. The fourth-order valence-electron chi connectivity index (χ4n) is 0.984. The smallest absolute Gasteiger partial charge is 0.219 e. The van der Waals surface area contributed by atoms with Crippen molar-refractivity contribution < 1.29 is 9.32 Å². The van der Waals surface area contributed by atoms with Crippen LogP contribution in [0.25, 0.3) is 0 Å². The Balaban J connectivity index is 2.24. The Morgan fingerprint density at radius 2 is 2.46 bits per heavy atom. The van der Waals surface area contributed by atoms with Crippen LogP contribution in [0.1, 0.15) is 24.8 Å². The zero-order valence-corrected chi connectivity index (χ0v) is 7.96. The van der Waals surface area contributed by atoms with Crippen molar-refractivity contribution in [1.29, 1.82) is 0 Å². The molecule has 1 N–H and O–H groups in total. The average molecular weight is 182 g/mol. The lowest BCUT2D eigenvalue weighted by Crippen LogP contribution is -2.24. The van der Waals surface area contributed by atoms with Gasteiger partial charge < -0.3 is 9.84 Å². The maximum absolute atomic E-state index is 10.8. The normalized spacial score (nSPS) is 10.0. The van der Waals surface area contributed by atoms with Crippen molar-refractivity contribution in [3.05, 3.63) is 17.5 Å². The monoisotopic (exact) mass is 182 g/mol. The van der Waals surface area contributed by atoms with Crippen LogP contribution in [-0.2, 0) is 11.2 Å². The molecule has 0 aliphatic carbocycles. The molecule has 1 aromatic heterocycles. The number of hydrogen-bond donors (Lipinski definition) is 1. The van der Waals surface area contributed by atoms with Crippen LogP contribution in [0, 0.1) is 6.92 Å². The molecule has 0 bridgehead atoms. The minimum Gasteiger partial charge on any atom is -0.361 e. The van der Waals surface area contributed by atoms with Crippen LogP contribution in [0.2, 0.25) is 0 Å². The van der Waals surface area contributed by atoms with E-state index in [0.29, 0.717) is 19.4 Å². The molecule has 0 aliphatic heterocycles. The van der Waals surface area contributed by atoms with Gasteiger partial charge in [-0.25, -0.2) is 0 Å². The summed E-state index contributed by atoms with van der Waals surface area (Å²) in [5.41, 5.74) is 0.872. The van der Waals surface area contributed by atoms with E-state index in [4.69, 9.17) is 4.52 Å². The number of hydrogen-bond acceptors (Lipinski definition) is 3. The minimum atomic E-state index is 0.0660. The summed E-state index contributed by atoms with van der Waals surface area (Å²) in [6, 6.07) is 1.87. The summed E-state index contributed by atoms with van der Waals surface area (Å²) in [6.45, 7) is 4.31. The summed E-state index contributed by atoms with van der Waals surface area (Å²) >= 11 is 0. The van der Waals surface area contributed by atoms with Crippen molar-refractivity contribution in [1.82, 2.24) is 10.5 Å². The van der Waals surface area contributed by atoms with Crippen LogP contribution >= 0.6 is 0 Å². The Morgan fingerprint density at radius 3 is 3.00 bits per heavy atom. The van der Waals surface area contributed by atoms with Crippen LogP contribution < -0.4 is 5.32 Å². The standard InChI is InChI=1S/C9H14N2O2/c1-3-9(12)10-5-4-8-6-7(2)11-13-8/h6H,3-5H2,1-2H3,(H,10,12). The molecule has 72 valence electrons. The highest BCUT2D eigenvalue weighted by Crippen LogP contribution is 2.01. The quantitative estimate of drug-likeness (QED) is 0.757. The van der Waals surface area contributed by atoms with E-state index in [1.165, 1.54) is 0 Å². The van der Waals surface area contributed by atoms with E-state index in [0.717, 1.165) is 11.5 Å². The molecule has 0 saturated carbocycles.